The van der Waals surface area contributed by atoms with Crippen LogP contribution in [0.1, 0.15) is 29.2 Å². The van der Waals surface area contributed by atoms with Gasteiger partial charge in [0.15, 0.2) is 0 Å². The number of carbonyl (C=O) groups excluding carboxylic acids is 1. The number of amides is 1. The maximum absolute atomic E-state index is 13.1. The summed E-state index contributed by atoms with van der Waals surface area (Å²) in [6, 6.07) is 14.6. The van der Waals surface area contributed by atoms with E-state index in [1.165, 1.54) is 20.8 Å². The highest BCUT2D eigenvalue weighted by atomic mass is 32.2. The van der Waals surface area contributed by atoms with Gasteiger partial charge in [0.1, 0.15) is 6.04 Å². The van der Waals surface area contributed by atoms with Crippen LogP contribution in [0, 0.1) is 13.8 Å². The molecule has 0 aliphatic heterocycles. The summed E-state index contributed by atoms with van der Waals surface area (Å²) in [7, 11) is -3.66. The maximum atomic E-state index is 13.1. The largest absolute Gasteiger partial charge is 0.324 e. The van der Waals surface area contributed by atoms with Crippen LogP contribution in [0.5, 0.6) is 0 Å². The smallest absolute Gasteiger partial charge is 0.248 e. The fourth-order valence-corrected chi connectivity index (χ4v) is 5.43. The van der Waals surface area contributed by atoms with Gasteiger partial charge in [0.05, 0.1) is 11.9 Å². The number of rotatable bonds is 5. The molecule has 1 aliphatic rings. The third-order valence-electron chi connectivity index (χ3n) is 5.97. The minimum absolute atomic E-state index is 0.364. The Bertz CT molecular complexity index is 1250. The summed E-state index contributed by atoms with van der Waals surface area (Å²) in [6.45, 7) is 5.51. The summed E-state index contributed by atoms with van der Waals surface area (Å²) in [5, 5.41) is 5.18. The number of nitrogens with zero attached hydrogens (tertiary/aromatic N) is 1. The van der Waals surface area contributed by atoms with E-state index in [1.54, 1.807) is 19.1 Å². The molecule has 0 saturated heterocycles. The van der Waals surface area contributed by atoms with E-state index in [4.69, 9.17) is 0 Å². The Hall–Kier alpha value is -2.86. The van der Waals surface area contributed by atoms with E-state index in [1.807, 2.05) is 38.1 Å². The zero-order valence-corrected chi connectivity index (χ0v) is 18.5. The van der Waals surface area contributed by atoms with Crippen LogP contribution in [0.3, 0.4) is 0 Å². The Kier molecular flexibility index (Phi) is 5.06. The first-order valence-electron chi connectivity index (χ1n) is 10.1. The lowest BCUT2D eigenvalue weighted by molar-refractivity contribution is -0.116. The number of sulfonamides is 1. The van der Waals surface area contributed by atoms with Gasteiger partial charge >= 0.3 is 0 Å². The number of carbonyl (C=O) groups is 1. The normalized spacial score (nSPS) is 14.0. The molecular weight excluding hydrogens is 396 g/mol. The van der Waals surface area contributed by atoms with Crippen molar-refractivity contribution in [3.8, 4) is 0 Å². The van der Waals surface area contributed by atoms with Crippen LogP contribution in [-0.2, 0) is 27.7 Å². The van der Waals surface area contributed by atoms with Crippen molar-refractivity contribution in [3.63, 3.8) is 0 Å². The van der Waals surface area contributed by atoms with Gasteiger partial charge in [0.2, 0.25) is 15.9 Å². The zero-order chi connectivity index (χ0) is 21.6. The fraction of sp³-hybridized carbons (Fsp3) is 0.292. The average molecular weight is 423 g/mol. The van der Waals surface area contributed by atoms with Gasteiger partial charge in [-0.25, -0.2) is 8.42 Å². The van der Waals surface area contributed by atoms with Crippen molar-refractivity contribution in [2.75, 3.05) is 15.9 Å². The van der Waals surface area contributed by atoms with Gasteiger partial charge in [0, 0.05) is 11.1 Å². The SMILES string of the molecule is Cc1ccc(N([C@@H](C)C(=O)Nc2ccc3c4c(cccc24)CC3)S(C)(=O)=O)cc1C. The van der Waals surface area contributed by atoms with Crippen LogP contribution < -0.4 is 9.62 Å². The number of anilines is 2. The second kappa shape index (κ2) is 7.43. The third kappa shape index (κ3) is 3.56. The fourth-order valence-electron chi connectivity index (χ4n) is 4.26. The molecule has 0 fully saturated rings. The summed E-state index contributed by atoms with van der Waals surface area (Å²) >= 11 is 0. The quantitative estimate of drug-likeness (QED) is 0.665. The van der Waals surface area contributed by atoms with Gasteiger partial charge in [-0.05, 0) is 79.5 Å². The molecule has 30 heavy (non-hydrogen) atoms. The van der Waals surface area contributed by atoms with Crippen LogP contribution in [0.4, 0.5) is 11.4 Å². The molecule has 0 spiro atoms. The summed E-state index contributed by atoms with van der Waals surface area (Å²) in [5.41, 5.74) is 5.82. The second-order valence-electron chi connectivity index (χ2n) is 8.10. The van der Waals surface area contributed by atoms with Gasteiger partial charge in [-0.3, -0.25) is 9.10 Å². The molecule has 3 aromatic rings. The Balaban J connectivity index is 1.69. The minimum atomic E-state index is -3.66. The first-order chi connectivity index (χ1) is 14.2. The van der Waals surface area contributed by atoms with Crippen molar-refractivity contribution >= 4 is 38.1 Å². The van der Waals surface area contributed by atoms with Crippen LogP contribution in [-0.4, -0.2) is 26.6 Å². The molecule has 0 heterocycles. The van der Waals surface area contributed by atoms with E-state index < -0.39 is 16.1 Å². The number of hydrogen-bond acceptors (Lipinski definition) is 3. The number of nitrogens with one attached hydrogen (secondary N) is 1. The molecule has 0 bridgehead atoms. The zero-order valence-electron chi connectivity index (χ0n) is 17.7. The van der Waals surface area contributed by atoms with E-state index in [2.05, 4.69) is 17.4 Å². The summed E-state index contributed by atoms with van der Waals surface area (Å²) in [5.74, 6) is -0.364. The van der Waals surface area contributed by atoms with E-state index in [9.17, 15) is 13.2 Å². The lowest BCUT2D eigenvalue weighted by Gasteiger charge is -2.29. The molecular formula is C24H26N2O3S. The van der Waals surface area contributed by atoms with Crippen molar-refractivity contribution in [3.05, 3.63) is 70.8 Å². The van der Waals surface area contributed by atoms with Crippen molar-refractivity contribution in [2.45, 2.75) is 39.7 Å². The van der Waals surface area contributed by atoms with Crippen LogP contribution in [0.25, 0.3) is 10.8 Å². The van der Waals surface area contributed by atoms with Crippen molar-refractivity contribution in [1.29, 1.82) is 0 Å². The van der Waals surface area contributed by atoms with E-state index in [0.717, 1.165) is 35.6 Å². The molecule has 1 N–H and O–H groups in total. The maximum Gasteiger partial charge on any atom is 0.248 e. The van der Waals surface area contributed by atoms with Crippen molar-refractivity contribution < 1.29 is 13.2 Å². The molecule has 4 rings (SSSR count). The van der Waals surface area contributed by atoms with Gasteiger partial charge < -0.3 is 5.32 Å². The Labute approximate surface area is 177 Å². The van der Waals surface area contributed by atoms with Gasteiger partial charge in [-0.15, -0.1) is 0 Å². The molecule has 1 amide bonds. The molecule has 0 aromatic heterocycles. The second-order valence-corrected chi connectivity index (χ2v) is 9.96. The van der Waals surface area contributed by atoms with Crippen molar-refractivity contribution in [2.24, 2.45) is 0 Å². The topological polar surface area (TPSA) is 66.5 Å². The molecule has 5 nitrogen and oxygen atoms in total. The third-order valence-corrected chi connectivity index (χ3v) is 7.21. The standard InChI is InChI=1S/C24H26N2O3S/c1-15-8-12-20(14-16(15)2)26(30(4,28)29)17(3)24(27)25-22-13-11-19-10-9-18-6-5-7-21(22)23(18)19/h5-8,11-14,17H,9-10H2,1-4H3,(H,25,27)/t17-/m0/s1. The molecule has 0 saturated carbocycles. The monoisotopic (exact) mass is 422 g/mol. The Morgan fingerprint density at radius 1 is 1.00 bits per heavy atom. The summed E-state index contributed by atoms with van der Waals surface area (Å²) in [6.07, 6.45) is 3.15. The van der Waals surface area contributed by atoms with Gasteiger partial charge in [-0.1, -0.05) is 30.3 Å². The van der Waals surface area contributed by atoms with Gasteiger partial charge in [-0.2, -0.15) is 0 Å². The minimum Gasteiger partial charge on any atom is -0.324 e. The molecule has 1 aliphatic carbocycles. The summed E-state index contributed by atoms with van der Waals surface area (Å²) < 4.78 is 26.4. The predicted molar refractivity (Wildman–Crippen MR) is 123 cm³/mol. The highest BCUT2D eigenvalue weighted by molar-refractivity contribution is 7.92. The molecule has 3 aromatic carbocycles. The van der Waals surface area contributed by atoms with Crippen molar-refractivity contribution in [1.82, 2.24) is 0 Å². The highest BCUT2D eigenvalue weighted by Crippen LogP contribution is 2.35. The molecule has 1 atom stereocenters. The predicted octanol–water partition coefficient (Wildman–Crippen LogP) is 4.35. The molecule has 6 heteroatoms. The van der Waals surface area contributed by atoms with E-state index in [0.29, 0.717) is 11.4 Å². The van der Waals surface area contributed by atoms with Crippen LogP contribution >= 0.6 is 0 Å². The lowest BCUT2D eigenvalue weighted by Crippen LogP contribution is -2.45. The van der Waals surface area contributed by atoms with Crippen LogP contribution in [0.2, 0.25) is 0 Å². The van der Waals surface area contributed by atoms with Crippen LogP contribution in [0.15, 0.2) is 48.5 Å². The Morgan fingerprint density at radius 3 is 2.37 bits per heavy atom. The van der Waals surface area contributed by atoms with Gasteiger partial charge in [0.25, 0.3) is 0 Å². The first kappa shape index (κ1) is 20.4. The van der Waals surface area contributed by atoms with E-state index >= 15 is 0 Å². The molecule has 0 unspecified atom stereocenters. The highest BCUT2D eigenvalue weighted by Gasteiger charge is 2.30. The average Bonchev–Trinajstić information content (AvgIpc) is 3.10. The first-order valence-corrected chi connectivity index (χ1v) is 11.9. The Morgan fingerprint density at radius 2 is 1.70 bits per heavy atom. The molecule has 156 valence electrons. The number of hydrogen-bond donors (Lipinski definition) is 1. The lowest BCUT2D eigenvalue weighted by atomic mass is 10.0. The number of benzene rings is 3. The number of aryl methyl sites for hydroxylation is 4. The summed E-state index contributed by atoms with van der Waals surface area (Å²) in [4.78, 5) is 13.1. The molecule has 0 radical (unpaired) electrons. The van der Waals surface area contributed by atoms with E-state index in [-0.39, 0.29) is 5.91 Å².